The van der Waals surface area contributed by atoms with E-state index in [2.05, 4.69) is 108 Å². The molecule has 6 rings (SSSR count). The summed E-state index contributed by atoms with van der Waals surface area (Å²) in [5, 5.41) is 11.5. The molecule has 156 valence electrons. The van der Waals surface area contributed by atoms with E-state index in [1.807, 2.05) is 12.1 Å². The van der Waals surface area contributed by atoms with Gasteiger partial charge in [-0.1, -0.05) is 114 Å². The molecule has 1 heterocycles. The number of halogens is 2. The van der Waals surface area contributed by atoms with E-state index in [9.17, 15) is 0 Å². The summed E-state index contributed by atoms with van der Waals surface area (Å²) < 4.78 is -1.36. The second-order valence-electron chi connectivity index (χ2n) is 8.24. The summed E-state index contributed by atoms with van der Waals surface area (Å²) in [4.78, 5) is 0. The van der Waals surface area contributed by atoms with Crippen LogP contribution in [0.2, 0.25) is 0 Å². The van der Waals surface area contributed by atoms with E-state index in [-0.39, 0.29) is 0 Å². The molecular weight excluding hydrogens is 435 g/mol. The number of hydrogen-bond donors (Lipinski definition) is 2. The molecular formula is C28H20Cl2N2. The Hall–Kier alpha value is -3.04. The summed E-state index contributed by atoms with van der Waals surface area (Å²) in [5.74, 6) is 0. The molecule has 0 saturated heterocycles. The maximum atomic E-state index is 6.76. The lowest BCUT2D eigenvalue weighted by Gasteiger charge is -2.46. The molecule has 0 atom stereocenters. The summed E-state index contributed by atoms with van der Waals surface area (Å²) in [6.45, 7) is 0. The number of benzene rings is 5. The Morgan fingerprint density at radius 3 is 1.62 bits per heavy atom. The van der Waals surface area contributed by atoms with Crippen molar-refractivity contribution in [1.29, 1.82) is 0 Å². The molecule has 0 aromatic heterocycles. The monoisotopic (exact) mass is 454 g/mol. The second kappa shape index (κ2) is 7.25. The van der Waals surface area contributed by atoms with Crippen molar-refractivity contribution in [2.45, 2.75) is 10.1 Å². The lowest BCUT2D eigenvalue weighted by Crippen LogP contribution is -2.59. The highest BCUT2D eigenvalue weighted by Crippen LogP contribution is 2.48. The first-order valence-electron chi connectivity index (χ1n) is 10.6. The fourth-order valence-electron chi connectivity index (χ4n) is 4.89. The standard InChI is InChI=1S/C28H20Cl2N2/c29-28(30)31-26-12-6-5-11-25(26)27(32-28,23-15-13-19-7-1-3-9-21(19)17-23)24-16-14-20-8-2-4-10-22(20)18-24/h1-18,31-32H. The molecule has 5 aromatic rings. The van der Waals surface area contributed by atoms with Crippen LogP contribution in [0.15, 0.2) is 109 Å². The van der Waals surface area contributed by atoms with E-state index < -0.39 is 10.1 Å². The van der Waals surface area contributed by atoms with Crippen LogP contribution in [0.5, 0.6) is 0 Å². The van der Waals surface area contributed by atoms with Crippen LogP contribution < -0.4 is 10.6 Å². The average molecular weight is 455 g/mol. The predicted octanol–water partition coefficient (Wildman–Crippen LogP) is 7.39. The quantitative estimate of drug-likeness (QED) is 0.214. The highest BCUT2D eigenvalue weighted by molar-refractivity contribution is 6.49. The summed E-state index contributed by atoms with van der Waals surface area (Å²) >= 11 is 13.5. The zero-order chi connectivity index (χ0) is 21.8. The topological polar surface area (TPSA) is 24.1 Å². The molecule has 0 amide bonds. The van der Waals surface area contributed by atoms with Crippen LogP contribution in [0.1, 0.15) is 16.7 Å². The highest BCUT2D eigenvalue weighted by Gasteiger charge is 2.48. The smallest absolute Gasteiger partial charge is 0.246 e. The van der Waals surface area contributed by atoms with E-state index in [1.165, 1.54) is 10.8 Å². The van der Waals surface area contributed by atoms with Gasteiger partial charge in [0, 0.05) is 11.3 Å². The van der Waals surface area contributed by atoms with Crippen LogP contribution in [0.25, 0.3) is 21.5 Å². The van der Waals surface area contributed by atoms with Gasteiger partial charge in [0.15, 0.2) is 0 Å². The Bertz CT molecular complexity index is 1400. The molecule has 0 unspecified atom stereocenters. The van der Waals surface area contributed by atoms with Gasteiger partial charge in [0.25, 0.3) is 0 Å². The Morgan fingerprint density at radius 1 is 0.531 bits per heavy atom. The lowest BCUT2D eigenvalue weighted by atomic mass is 9.74. The number of para-hydroxylation sites is 1. The SMILES string of the molecule is ClC1(Cl)Nc2ccccc2C(c2ccc3ccccc3c2)(c2ccc3ccccc3c2)N1. The minimum absolute atomic E-state index is 0.751. The summed E-state index contributed by atoms with van der Waals surface area (Å²) in [5.41, 5.74) is 3.37. The Morgan fingerprint density at radius 2 is 1.03 bits per heavy atom. The third kappa shape index (κ3) is 3.07. The van der Waals surface area contributed by atoms with Crippen LogP contribution in [0.4, 0.5) is 5.69 Å². The number of anilines is 1. The van der Waals surface area contributed by atoms with Gasteiger partial charge in [-0.2, -0.15) is 0 Å². The normalized spacial score (nSPS) is 16.4. The van der Waals surface area contributed by atoms with Gasteiger partial charge >= 0.3 is 0 Å². The molecule has 2 nitrogen and oxygen atoms in total. The summed E-state index contributed by atoms with van der Waals surface area (Å²) in [6.07, 6.45) is 0. The first-order valence-corrected chi connectivity index (χ1v) is 11.3. The fraction of sp³-hybridized carbons (Fsp3) is 0.0714. The van der Waals surface area contributed by atoms with E-state index in [0.29, 0.717) is 0 Å². The van der Waals surface area contributed by atoms with Crippen molar-refractivity contribution in [3.05, 3.63) is 126 Å². The molecule has 0 fully saturated rings. The molecule has 1 aliphatic heterocycles. The number of alkyl halides is 2. The van der Waals surface area contributed by atoms with Gasteiger partial charge in [-0.05, 0) is 50.9 Å². The minimum Gasteiger partial charge on any atom is -0.342 e. The first kappa shape index (κ1) is 19.6. The van der Waals surface area contributed by atoms with Crippen LogP contribution >= 0.6 is 23.2 Å². The van der Waals surface area contributed by atoms with E-state index in [0.717, 1.165) is 33.2 Å². The van der Waals surface area contributed by atoms with Crippen molar-refractivity contribution in [3.8, 4) is 0 Å². The molecule has 4 heteroatoms. The molecule has 0 spiro atoms. The third-order valence-electron chi connectivity index (χ3n) is 6.33. The molecule has 32 heavy (non-hydrogen) atoms. The lowest BCUT2D eigenvalue weighted by molar-refractivity contribution is 0.432. The number of fused-ring (bicyclic) bond motifs is 3. The zero-order valence-corrected chi connectivity index (χ0v) is 18.7. The van der Waals surface area contributed by atoms with Crippen molar-refractivity contribution in [1.82, 2.24) is 5.32 Å². The van der Waals surface area contributed by atoms with Gasteiger partial charge in [-0.3, -0.25) is 5.32 Å². The van der Waals surface area contributed by atoms with E-state index in [1.54, 1.807) is 0 Å². The van der Waals surface area contributed by atoms with Gasteiger partial charge in [0.1, 0.15) is 5.54 Å². The van der Waals surface area contributed by atoms with Gasteiger partial charge in [-0.15, -0.1) is 0 Å². The van der Waals surface area contributed by atoms with Crippen molar-refractivity contribution < 1.29 is 0 Å². The number of hydrogen-bond acceptors (Lipinski definition) is 2. The zero-order valence-electron chi connectivity index (χ0n) is 17.1. The van der Waals surface area contributed by atoms with Gasteiger partial charge in [-0.25, -0.2) is 0 Å². The maximum Gasteiger partial charge on any atom is 0.246 e. The summed E-state index contributed by atoms with van der Waals surface area (Å²) in [6, 6.07) is 38.0. The average Bonchev–Trinajstić information content (AvgIpc) is 2.82. The Balaban J connectivity index is 1.71. The third-order valence-corrected chi connectivity index (χ3v) is 6.71. The van der Waals surface area contributed by atoms with Crippen LogP contribution in [-0.2, 0) is 5.54 Å². The Kier molecular flexibility index (Phi) is 4.44. The van der Waals surface area contributed by atoms with Crippen LogP contribution in [0, 0.1) is 0 Å². The molecule has 2 N–H and O–H groups in total. The molecule has 0 radical (unpaired) electrons. The molecule has 5 aromatic carbocycles. The molecule has 0 saturated carbocycles. The predicted molar refractivity (Wildman–Crippen MR) is 135 cm³/mol. The highest BCUT2D eigenvalue weighted by atomic mass is 35.5. The van der Waals surface area contributed by atoms with Crippen molar-refractivity contribution in [2.75, 3.05) is 5.32 Å². The molecule has 0 bridgehead atoms. The van der Waals surface area contributed by atoms with Crippen molar-refractivity contribution >= 4 is 50.4 Å². The summed E-state index contributed by atoms with van der Waals surface area (Å²) in [7, 11) is 0. The van der Waals surface area contributed by atoms with Gasteiger partial charge in [0.2, 0.25) is 4.58 Å². The first-order chi connectivity index (χ1) is 15.6. The van der Waals surface area contributed by atoms with Gasteiger partial charge < -0.3 is 5.32 Å². The second-order valence-corrected chi connectivity index (χ2v) is 9.57. The minimum atomic E-state index is -1.36. The van der Waals surface area contributed by atoms with Gasteiger partial charge in [0.05, 0.1) is 0 Å². The maximum absolute atomic E-state index is 6.76. The molecule has 1 aliphatic rings. The van der Waals surface area contributed by atoms with Crippen molar-refractivity contribution in [2.24, 2.45) is 0 Å². The van der Waals surface area contributed by atoms with Crippen LogP contribution in [-0.4, -0.2) is 4.58 Å². The number of nitrogens with one attached hydrogen (secondary N) is 2. The van der Waals surface area contributed by atoms with E-state index >= 15 is 0 Å². The Labute approximate surface area is 196 Å². The van der Waals surface area contributed by atoms with Crippen LogP contribution in [0.3, 0.4) is 0 Å². The fourth-order valence-corrected chi connectivity index (χ4v) is 5.38. The van der Waals surface area contributed by atoms with E-state index in [4.69, 9.17) is 23.2 Å². The number of rotatable bonds is 2. The largest absolute Gasteiger partial charge is 0.342 e. The van der Waals surface area contributed by atoms with Crippen molar-refractivity contribution in [3.63, 3.8) is 0 Å². The molecule has 0 aliphatic carbocycles.